The lowest BCUT2D eigenvalue weighted by Crippen LogP contribution is -2.47. The van der Waals surface area contributed by atoms with Crippen LogP contribution in [-0.4, -0.2) is 72.9 Å². The molecule has 2 N–H and O–H groups in total. The van der Waals surface area contributed by atoms with Crippen LogP contribution in [0.4, 0.5) is 5.69 Å². The molecular weight excluding hydrogens is 360 g/mol. The number of imidazole rings is 1. The molecule has 10 heteroatoms. The Morgan fingerprint density at radius 1 is 1.42 bits per heavy atom. The average molecular weight is 380 g/mol. The summed E-state index contributed by atoms with van der Waals surface area (Å²) in [6, 6.07) is 4.53. The predicted octanol–water partition coefficient (Wildman–Crippen LogP) is 0.163. The largest absolute Gasteiger partial charge is 0.383 e. The molecule has 26 heavy (non-hydrogen) atoms. The van der Waals surface area contributed by atoms with Crippen molar-refractivity contribution < 1.29 is 22.7 Å². The smallest absolute Gasteiger partial charge is 0.313 e. The Morgan fingerprint density at radius 2 is 2.23 bits per heavy atom. The van der Waals surface area contributed by atoms with Crippen LogP contribution in [-0.2, 0) is 24.2 Å². The molecule has 0 bridgehead atoms. The van der Waals surface area contributed by atoms with E-state index >= 15 is 0 Å². The maximum absolute atomic E-state index is 12.6. The maximum Gasteiger partial charge on any atom is 0.313 e. The molecule has 1 unspecified atom stereocenters. The number of hydrogen-bond acceptors (Lipinski definition) is 6. The first-order chi connectivity index (χ1) is 12.4. The molecule has 9 nitrogen and oxygen atoms in total. The van der Waals surface area contributed by atoms with E-state index in [9.17, 15) is 18.0 Å². The second-order valence-electron chi connectivity index (χ2n) is 6.14. The molecule has 1 fully saturated rings. The van der Waals surface area contributed by atoms with Crippen LogP contribution in [0.15, 0.2) is 24.5 Å². The van der Waals surface area contributed by atoms with E-state index in [0.717, 1.165) is 11.0 Å². The van der Waals surface area contributed by atoms with E-state index in [0.29, 0.717) is 12.1 Å². The minimum absolute atomic E-state index is 0.0204. The van der Waals surface area contributed by atoms with Gasteiger partial charge in [0.15, 0.2) is 9.84 Å². The summed E-state index contributed by atoms with van der Waals surface area (Å²) in [5.74, 6) is -1.69. The van der Waals surface area contributed by atoms with Crippen LogP contribution in [0.3, 0.4) is 0 Å². The Hall–Kier alpha value is -2.46. The van der Waals surface area contributed by atoms with Gasteiger partial charge < -0.3 is 19.9 Å². The number of H-pyrrole nitrogens is 1. The number of sulfone groups is 1. The van der Waals surface area contributed by atoms with Crippen LogP contribution in [0.25, 0.3) is 11.0 Å². The molecule has 1 saturated heterocycles. The fraction of sp³-hybridized carbons (Fsp3) is 0.438. The minimum atomic E-state index is -3.18. The molecule has 0 saturated carbocycles. The Morgan fingerprint density at radius 3 is 2.92 bits per heavy atom. The van der Waals surface area contributed by atoms with E-state index in [1.54, 1.807) is 18.2 Å². The molecule has 0 aliphatic carbocycles. The van der Waals surface area contributed by atoms with Crippen LogP contribution >= 0.6 is 0 Å². The summed E-state index contributed by atoms with van der Waals surface area (Å²) in [5.41, 5.74) is 1.92. The summed E-state index contributed by atoms with van der Waals surface area (Å²) in [4.78, 5) is 33.3. The molecule has 1 aliphatic heterocycles. The van der Waals surface area contributed by atoms with E-state index in [1.807, 2.05) is 0 Å². The molecule has 2 aromatic rings. The molecule has 0 radical (unpaired) electrons. The van der Waals surface area contributed by atoms with Gasteiger partial charge in [0.25, 0.3) is 0 Å². The van der Waals surface area contributed by atoms with Gasteiger partial charge in [-0.25, -0.2) is 13.4 Å². The Balaban J connectivity index is 1.73. The average Bonchev–Trinajstić information content (AvgIpc) is 3.20. The van der Waals surface area contributed by atoms with Gasteiger partial charge >= 0.3 is 11.8 Å². The fourth-order valence-electron chi connectivity index (χ4n) is 2.99. The van der Waals surface area contributed by atoms with E-state index in [4.69, 9.17) is 4.74 Å². The molecule has 2 amide bonds. The zero-order chi connectivity index (χ0) is 18.7. The maximum atomic E-state index is 12.6. The van der Waals surface area contributed by atoms with E-state index in [1.165, 1.54) is 18.3 Å². The number of nitrogens with zero attached hydrogens (tertiary/aromatic N) is 2. The Kier molecular flexibility index (Phi) is 5.23. The molecule has 0 spiro atoms. The lowest BCUT2D eigenvalue weighted by Gasteiger charge is -2.27. The van der Waals surface area contributed by atoms with Crippen molar-refractivity contribution in [2.24, 2.45) is 0 Å². The number of carbonyl (C=O) groups excluding carboxylic acids is 2. The van der Waals surface area contributed by atoms with Gasteiger partial charge in [-0.2, -0.15) is 0 Å². The molecule has 1 aliphatic rings. The highest BCUT2D eigenvalue weighted by Crippen LogP contribution is 2.19. The van der Waals surface area contributed by atoms with Crippen molar-refractivity contribution in [1.82, 2.24) is 14.9 Å². The van der Waals surface area contributed by atoms with E-state index in [-0.39, 0.29) is 24.7 Å². The second kappa shape index (κ2) is 7.42. The number of fused-ring (bicyclic) bond motifs is 1. The first kappa shape index (κ1) is 18.3. The Labute approximate surface area is 150 Å². The molecule has 1 aromatic heterocycles. The number of benzene rings is 1. The SMILES string of the molecule is COCCN(C(=O)C(=O)Nc1ccc2nc[nH]c2c1)C1CCS(=O)(=O)C1. The van der Waals surface area contributed by atoms with Gasteiger partial charge in [0.2, 0.25) is 0 Å². The van der Waals surface area contributed by atoms with Crippen molar-refractivity contribution in [2.75, 3.05) is 37.1 Å². The zero-order valence-electron chi connectivity index (χ0n) is 14.3. The summed E-state index contributed by atoms with van der Waals surface area (Å²) in [6.45, 7) is 0.373. The van der Waals surface area contributed by atoms with Crippen molar-refractivity contribution in [3.05, 3.63) is 24.5 Å². The standard InChI is InChI=1S/C16H20N4O5S/c1-25-6-5-20(12-4-7-26(23,24)9-12)16(22)15(21)19-11-2-3-13-14(8-11)18-10-17-13/h2-3,8,10,12H,4-7,9H2,1H3,(H,17,18)(H,19,21). The molecule has 140 valence electrons. The Bertz CT molecular complexity index is 924. The van der Waals surface area contributed by atoms with Crippen molar-refractivity contribution in [1.29, 1.82) is 0 Å². The third-order valence-electron chi connectivity index (χ3n) is 4.32. The number of nitrogens with one attached hydrogen (secondary N) is 2. The van der Waals surface area contributed by atoms with Crippen molar-refractivity contribution in [3.8, 4) is 0 Å². The summed E-state index contributed by atoms with van der Waals surface area (Å²) in [6.07, 6.45) is 1.86. The van der Waals surface area contributed by atoms with Crippen LogP contribution in [0.2, 0.25) is 0 Å². The van der Waals surface area contributed by atoms with Crippen molar-refractivity contribution in [2.45, 2.75) is 12.5 Å². The lowest BCUT2D eigenvalue weighted by molar-refractivity contribution is -0.144. The topological polar surface area (TPSA) is 121 Å². The minimum Gasteiger partial charge on any atom is -0.383 e. The second-order valence-corrected chi connectivity index (χ2v) is 8.37. The number of methoxy groups -OCH3 is 1. The normalized spacial score (nSPS) is 18.7. The quantitative estimate of drug-likeness (QED) is 0.713. The van der Waals surface area contributed by atoms with Crippen LogP contribution in [0.1, 0.15) is 6.42 Å². The molecular formula is C16H20N4O5S. The molecule has 3 rings (SSSR count). The number of hydrogen-bond donors (Lipinski definition) is 2. The van der Waals surface area contributed by atoms with Crippen molar-refractivity contribution >= 4 is 38.4 Å². The summed E-state index contributed by atoms with van der Waals surface area (Å²) in [5, 5.41) is 2.56. The number of amides is 2. The summed E-state index contributed by atoms with van der Waals surface area (Å²) >= 11 is 0. The van der Waals surface area contributed by atoms with Gasteiger partial charge in [0.05, 0.1) is 35.5 Å². The highest BCUT2D eigenvalue weighted by Gasteiger charge is 2.36. The highest BCUT2D eigenvalue weighted by atomic mass is 32.2. The number of anilines is 1. The van der Waals surface area contributed by atoms with E-state index < -0.39 is 27.7 Å². The molecule has 1 atom stereocenters. The third-order valence-corrected chi connectivity index (χ3v) is 6.07. The number of rotatable bonds is 5. The van der Waals surface area contributed by atoms with Gasteiger partial charge in [-0.15, -0.1) is 0 Å². The van der Waals surface area contributed by atoms with Gasteiger partial charge in [-0.05, 0) is 24.6 Å². The monoisotopic (exact) mass is 380 g/mol. The first-order valence-electron chi connectivity index (χ1n) is 8.14. The number of aromatic amines is 1. The van der Waals surface area contributed by atoms with Crippen LogP contribution < -0.4 is 5.32 Å². The first-order valence-corrected chi connectivity index (χ1v) is 9.96. The summed E-state index contributed by atoms with van der Waals surface area (Å²) < 4.78 is 28.4. The number of ether oxygens (including phenoxy) is 1. The highest BCUT2D eigenvalue weighted by molar-refractivity contribution is 7.91. The predicted molar refractivity (Wildman–Crippen MR) is 95.4 cm³/mol. The van der Waals surface area contributed by atoms with Crippen molar-refractivity contribution in [3.63, 3.8) is 0 Å². The zero-order valence-corrected chi connectivity index (χ0v) is 15.1. The van der Waals surface area contributed by atoms with Gasteiger partial charge in [-0.1, -0.05) is 0 Å². The van der Waals surface area contributed by atoms with Crippen LogP contribution in [0.5, 0.6) is 0 Å². The third kappa shape index (κ3) is 4.02. The van der Waals surface area contributed by atoms with Crippen LogP contribution in [0, 0.1) is 0 Å². The molecule has 2 heterocycles. The van der Waals surface area contributed by atoms with Gasteiger partial charge in [-0.3, -0.25) is 9.59 Å². The summed E-state index contributed by atoms with van der Waals surface area (Å²) in [7, 11) is -1.70. The fourth-order valence-corrected chi connectivity index (χ4v) is 4.72. The molecule has 1 aromatic carbocycles. The van der Waals surface area contributed by atoms with Gasteiger partial charge in [0.1, 0.15) is 0 Å². The van der Waals surface area contributed by atoms with E-state index in [2.05, 4.69) is 15.3 Å². The van der Waals surface area contributed by atoms with Gasteiger partial charge in [0, 0.05) is 25.4 Å². The lowest BCUT2D eigenvalue weighted by atomic mass is 10.2. The number of aromatic nitrogens is 2. The number of carbonyl (C=O) groups is 2.